The molecular weight excluding hydrogens is 355 g/mol. The van der Waals surface area contributed by atoms with Gasteiger partial charge in [-0.2, -0.15) is 5.10 Å². The molecule has 3 aromatic rings. The Morgan fingerprint density at radius 2 is 2.04 bits per heavy atom. The summed E-state index contributed by atoms with van der Waals surface area (Å²) < 4.78 is 12.0. The highest BCUT2D eigenvalue weighted by atomic mass is 35.5. The molecule has 0 atom stereocenters. The summed E-state index contributed by atoms with van der Waals surface area (Å²) in [4.78, 5) is 12.1. The molecule has 7 nitrogen and oxygen atoms in total. The molecule has 0 aliphatic rings. The average molecular weight is 367 g/mol. The predicted molar refractivity (Wildman–Crippen MR) is 86.8 cm³/mol. The minimum atomic E-state index is -0.608. The molecule has 0 unspecified atom stereocenters. The van der Waals surface area contributed by atoms with Gasteiger partial charge in [0, 0.05) is 7.05 Å². The van der Waals surface area contributed by atoms with Crippen molar-refractivity contribution in [2.24, 2.45) is 7.05 Å². The van der Waals surface area contributed by atoms with E-state index >= 15 is 0 Å². The van der Waals surface area contributed by atoms with Gasteiger partial charge >= 0.3 is 5.97 Å². The zero-order valence-electron chi connectivity index (χ0n) is 12.8. The van der Waals surface area contributed by atoms with Crippen LogP contribution in [-0.2, 0) is 18.4 Å². The van der Waals surface area contributed by atoms with Gasteiger partial charge in [-0.05, 0) is 19.1 Å². The van der Waals surface area contributed by atoms with E-state index in [0.29, 0.717) is 16.3 Å². The summed E-state index contributed by atoms with van der Waals surface area (Å²) >= 11 is 12.1. The van der Waals surface area contributed by atoms with Gasteiger partial charge in [0.15, 0.2) is 6.61 Å². The number of halogens is 2. The molecule has 0 radical (unpaired) electrons. The molecule has 3 rings (SSSR count). The molecule has 9 heteroatoms. The lowest BCUT2D eigenvalue weighted by Gasteiger charge is -2.01. The monoisotopic (exact) mass is 366 g/mol. The summed E-state index contributed by atoms with van der Waals surface area (Å²) in [6.07, 6.45) is 0. The van der Waals surface area contributed by atoms with E-state index < -0.39 is 5.97 Å². The fraction of sp³-hybridized carbons (Fsp3) is 0.200. The largest absolute Gasteiger partial charge is 0.452 e. The molecule has 2 aromatic heterocycles. The van der Waals surface area contributed by atoms with Crippen molar-refractivity contribution in [2.75, 3.05) is 0 Å². The quantitative estimate of drug-likeness (QED) is 0.657. The van der Waals surface area contributed by atoms with Crippen LogP contribution in [0.4, 0.5) is 0 Å². The van der Waals surface area contributed by atoms with E-state index in [1.807, 2.05) is 0 Å². The molecule has 0 aliphatic carbocycles. The van der Waals surface area contributed by atoms with Crippen LogP contribution < -0.4 is 0 Å². The van der Waals surface area contributed by atoms with E-state index in [0.717, 1.165) is 0 Å². The number of aryl methyl sites for hydroxylation is 2. The minimum Gasteiger partial charge on any atom is -0.452 e. The first-order valence-electron chi connectivity index (χ1n) is 6.91. The number of hydrogen-bond acceptors (Lipinski definition) is 6. The van der Waals surface area contributed by atoms with Gasteiger partial charge in [0.1, 0.15) is 10.7 Å². The fourth-order valence-corrected chi connectivity index (χ4v) is 2.59. The molecule has 24 heavy (non-hydrogen) atoms. The summed E-state index contributed by atoms with van der Waals surface area (Å²) in [5.74, 6) is -0.207. The van der Waals surface area contributed by atoms with E-state index in [4.69, 9.17) is 32.4 Å². The maximum Gasteiger partial charge on any atom is 0.343 e. The Kier molecular flexibility index (Phi) is 4.55. The first kappa shape index (κ1) is 16.5. The predicted octanol–water partition coefficient (Wildman–Crippen LogP) is 3.44. The summed E-state index contributed by atoms with van der Waals surface area (Å²) in [7, 11) is 1.64. The molecule has 1 aromatic carbocycles. The smallest absolute Gasteiger partial charge is 0.343 e. The average Bonchev–Trinajstić information content (AvgIpc) is 3.11. The van der Waals surface area contributed by atoms with Crippen molar-refractivity contribution in [3.8, 4) is 11.5 Å². The van der Waals surface area contributed by atoms with E-state index in [1.165, 1.54) is 4.68 Å². The molecule has 0 N–H and O–H groups in total. The van der Waals surface area contributed by atoms with Crippen LogP contribution in [0.3, 0.4) is 0 Å². The van der Waals surface area contributed by atoms with Crippen LogP contribution in [0.1, 0.15) is 21.9 Å². The maximum absolute atomic E-state index is 12.1. The highest BCUT2D eigenvalue weighted by Gasteiger charge is 2.21. The Hall–Kier alpha value is -2.38. The lowest BCUT2D eigenvalue weighted by atomic mass is 10.2. The Morgan fingerprint density at radius 1 is 1.29 bits per heavy atom. The third-order valence-electron chi connectivity index (χ3n) is 3.25. The SMILES string of the molecule is Cc1nn(C)c(Cl)c1C(=O)OCc1nnc(-c2ccccc2Cl)o1. The van der Waals surface area contributed by atoms with E-state index in [-0.39, 0.29) is 29.1 Å². The highest BCUT2D eigenvalue weighted by Crippen LogP contribution is 2.26. The van der Waals surface area contributed by atoms with E-state index in [2.05, 4.69) is 15.3 Å². The van der Waals surface area contributed by atoms with Crippen molar-refractivity contribution >= 4 is 29.2 Å². The third kappa shape index (κ3) is 3.13. The Morgan fingerprint density at radius 3 is 2.71 bits per heavy atom. The standard InChI is InChI=1S/C15H12Cl2N4O3/c1-8-12(13(17)21(2)20-8)15(22)23-7-11-18-19-14(24-11)9-5-3-4-6-10(9)16/h3-6H,7H2,1-2H3. The van der Waals surface area contributed by atoms with Crippen LogP contribution in [-0.4, -0.2) is 25.9 Å². The van der Waals surface area contributed by atoms with Gasteiger partial charge in [0.25, 0.3) is 5.89 Å². The van der Waals surface area contributed by atoms with Crippen LogP contribution in [0.25, 0.3) is 11.5 Å². The zero-order chi connectivity index (χ0) is 17.3. The van der Waals surface area contributed by atoms with Gasteiger partial charge in [-0.3, -0.25) is 4.68 Å². The van der Waals surface area contributed by atoms with Crippen molar-refractivity contribution in [2.45, 2.75) is 13.5 Å². The topological polar surface area (TPSA) is 83.0 Å². The summed E-state index contributed by atoms with van der Waals surface area (Å²) in [5, 5.41) is 12.5. The molecule has 0 fully saturated rings. The summed E-state index contributed by atoms with van der Waals surface area (Å²) in [5.41, 5.74) is 1.30. The van der Waals surface area contributed by atoms with Gasteiger partial charge in [-0.15, -0.1) is 10.2 Å². The lowest BCUT2D eigenvalue weighted by Crippen LogP contribution is -2.07. The number of aromatic nitrogens is 4. The van der Waals surface area contributed by atoms with Crippen molar-refractivity contribution in [3.05, 3.63) is 51.6 Å². The first-order valence-corrected chi connectivity index (χ1v) is 7.66. The van der Waals surface area contributed by atoms with Crippen molar-refractivity contribution < 1.29 is 13.9 Å². The van der Waals surface area contributed by atoms with Crippen molar-refractivity contribution in [1.29, 1.82) is 0 Å². The lowest BCUT2D eigenvalue weighted by molar-refractivity contribution is 0.0438. The van der Waals surface area contributed by atoms with Crippen LogP contribution in [0, 0.1) is 6.92 Å². The Labute approximate surface area is 147 Å². The molecule has 0 spiro atoms. The highest BCUT2D eigenvalue weighted by molar-refractivity contribution is 6.33. The molecule has 0 saturated carbocycles. The molecule has 0 saturated heterocycles. The van der Waals surface area contributed by atoms with Crippen molar-refractivity contribution in [1.82, 2.24) is 20.0 Å². The van der Waals surface area contributed by atoms with Crippen LogP contribution in [0.2, 0.25) is 10.2 Å². The Bertz CT molecular complexity index is 904. The second kappa shape index (κ2) is 6.62. The Balaban J connectivity index is 1.72. The van der Waals surface area contributed by atoms with Gasteiger partial charge < -0.3 is 9.15 Å². The first-order chi connectivity index (χ1) is 11.5. The number of esters is 1. The molecule has 0 amide bonds. The van der Waals surface area contributed by atoms with Crippen LogP contribution in [0.15, 0.2) is 28.7 Å². The van der Waals surface area contributed by atoms with Gasteiger partial charge in [0.2, 0.25) is 5.89 Å². The molecule has 124 valence electrons. The number of hydrogen-bond donors (Lipinski definition) is 0. The van der Waals surface area contributed by atoms with Gasteiger partial charge in [-0.25, -0.2) is 4.79 Å². The van der Waals surface area contributed by atoms with Crippen LogP contribution in [0.5, 0.6) is 0 Å². The van der Waals surface area contributed by atoms with Crippen molar-refractivity contribution in [3.63, 3.8) is 0 Å². The minimum absolute atomic E-state index is 0.149. The third-order valence-corrected chi connectivity index (χ3v) is 4.02. The zero-order valence-corrected chi connectivity index (χ0v) is 14.3. The normalized spacial score (nSPS) is 10.8. The number of benzene rings is 1. The number of ether oxygens (including phenoxy) is 1. The fourth-order valence-electron chi connectivity index (χ4n) is 2.12. The van der Waals surface area contributed by atoms with Gasteiger partial charge in [0.05, 0.1) is 16.3 Å². The molecule has 0 bridgehead atoms. The maximum atomic E-state index is 12.1. The van der Waals surface area contributed by atoms with Gasteiger partial charge in [-0.1, -0.05) is 35.3 Å². The number of carbonyl (C=O) groups is 1. The summed E-state index contributed by atoms with van der Waals surface area (Å²) in [6.45, 7) is 1.49. The number of rotatable bonds is 4. The molecule has 2 heterocycles. The van der Waals surface area contributed by atoms with E-state index in [1.54, 1.807) is 38.2 Å². The molecule has 0 aliphatic heterocycles. The van der Waals surface area contributed by atoms with Crippen LogP contribution >= 0.6 is 23.2 Å². The molecular formula is C15H12Cl2N4O3. The summed E-state index contributed by atoms with van der Waals surface area (Å²) in [6, 6.07) is 7.07. The second-order valence-electron chi connectivity index (χ2n) is 4.93. The number of carbonyl (C=O) groups excluding carboxylic acids is 1. The number of nitrogens with zero attached hydrogens (tertiary/aromatic N) is 4. The second-order valence-corrected chi connectivity index (χ2v) is 5.70. The van der Waals surface area contributed by atoms with E-state index in [9.17, 15) is 4.79 Å².